The van der Waals surface area contributed by atoms with E-state index in [2.05, 4.69) is 4.74 Å². The molecular weight excluding hydrogens is 203 g/mol. The molecule has 0 aliphatic carbocycles. The normalized spacial score (nSPS) is 11.8. The number of benzene rings is 1. The minimum Gasteiger partial charge on any atom is -0.465 e. The lowest BCUT2D eigenvalue weighted by molar-refractivity contribution is -0.107. The third-order valence-corrected chi connectivity index (χ3v) is 2.32. The number of aryl methyl sites for hydroxylation is 1. The molecule has 0 saturated heterocycles. The first-order chi connectivity index (χ1) is 7.67. The fraction of sp³-hybridized carbons (Fsp3) is 0.333. The summed E-state index contributed by atoms with van der Waals surface area (Å²) < 4.78 is 4.59. The molecule has 82 valence electrons. The number of hydrogen-bond acceptors (Lipinski definition) is 3. The van der Waals surface area contributed by atoms with Gasteiger partial charge in [0.2, 0.25) is 0 Å². The molecule has 1 unspecified atom stereocenters. The Morgan fingerprint density at radius 3 is 2.56 bits per heavy atom. The maximum Gasteiger partial charge on any atom is 0.337 e. The molecule has 1 aromatic carbocycles. The quantitative estimate of drug-likeness (QED) is 0.426. The van der Waals surface area contributed by atoms with Crippen molar-refractivity contribution in [2.24, 2.45) is 0 Å². The number of aldehydes is 1. The Morgan fingerprint density at radius 2 is 2.06 bits per heavy atom. The predicted molar refractivity (Wildman–Crippen MR) is 61.7 cm³/mol. The van der Waals surface area contributed by atoms with Gasteiger partial charge in [0.1, 0.15) is 6.29 Å². The fourth-order valence-electron chi connectivity index (χ4n) is 1.33. The lowest BCUT2D eigenvalue weighted by Gasteiger charge is -2.05. The Morgan fingerprint density at radius 1 is 1.44 bits per heavy atom. The Kier molecular flexibility index (Phi) is 4.77. The van der Waals surface area contributed by atoms with Crippen molar-refractivity contribution in [3.8, 4) is 0 Å². The number of carbonyl (C=O) groups excluding carboxylic acids is 2. The molecule has 0 bridgehead atoms. The van der Waals surface area contributed by atoms with E-state index >= 15 is 0 Å². The maximum atomic E-state index is 11.1. The van der Waals surface area contributed by atoms with E-state index in [1.54, 1.807) is 12.1 Å². The van der Waals surface area contributed by atoms with Crippen LogP contribution in [0.5, 0.6) is 0 Å². The fourth-order valence-corrected chi connectivity index (χ4v) is 1.33. The number of ether oxygens (including phenoxy) is 1. The lowest BCUT2D eigenvalue weighted by Crippen LogP contribution is -2.01. The molecule has 1 aromatic rings. The Bertz CT molecular complexity index is 359. The van der Waals surface area contributed by atoms with E-state index in [-0.39, 0.29) is 5.97 Å². The third-order valence-electron chi connectivity index (χ3n) is 2.32. The van der Waals surface area contributed by atoms with Gasteiger partial charge in [0.25, 0.3) is 0 Å². The van der Waals surface area contributed by atoms with Crippen molar-refractivity contribution in [1.29, 1.82) is 0 Å². The van der Waals surface area contributed by atoms with Crippen LogP contribution >= 0.6 is 0 Å². The van der Waals surface area contributed by atoms with Crippen LogP contribution in [-0.2, 0) is 16.0 Å². The van der Waals surface area contributed by atoms with E-state index < -0.39 is 5.82 Å². The number of carbonyl (C=O) groups is 2. The monoisotopic (exact) mass is 216 g/mol. The third kappa shape index (κ3) is 3.53. The van der Waals surface area contributed by atoms with Crippen molar-refractivity contribution < 1.29 is 14.3 Å². The molecule has 0 N–H and O–H groups in total. The molecule has 0 aliphatic heterocycles. The van der Waals surface area contributed by atoms with Gasteiger partial charge in [-0.05, 0) is 36.4 Å². The molecule has 4 heteroatoms. The molecule has 0 aliphatic rings. The molecule has 0 heterocycles. The van der Waals surface area contributed by atoms with Gasteiger partial charge < -0.3 is 9.53 Å². The number of esters is 1. The van der Waals surface area contributed by atoms with Crippen LogP contribution in [0.15, 0.2) is 24.3 Å². The molecule has 0 aromatic heterocycles. The van der Waals surface area contributed by atoms with E-state index in [1.165, 1.54) is 7.11 Å². The van der Waals surface area contributed by atoms with Gasteiger partial charge in [-0.25, -0.2) is 4.79 Å². The van der Waals surface area contributed by atoms with Crippen molar-refractivity contribution in [2.75, 3.05) is 7.11 Å². The second-order valence-corrected chi connectivity index (χ2v) is 3.53. The van der Waals surface area contributed by atoms with Crippen LogP contribution in [0.4, 0.5) is 0 Å². The van der Waals surface area contributed by atoms with Gasteiger partial charge in [0, 0.05) is 0 Å². The Hall–Kier alpha value is -1.58. The lowest BCUT2D eigenvalue weighted by atomic mass is 9.84. The molecular formula is C12H13BO3. The second kappa shape index (κ2) is 6.11. The van der Waals surface area contributed by atoms with Crippen LogP contribution in [0.3, 0.4) is 0 Å². The highest BCUT2D eigenvalue weighted by molar-refractivity contribution is 6.19. The second-order valence-electron chi connectivity index (χ2n) is 3.53. The molecule has 0 fully saturated rings. The zero-order valence-corrected chi connectivity index (χ0v) is 9.18. The molecule has 0 spiro atoms. The number of rotatable bonds is 5. The van der Waals surface area contributed by atoms with Gasteiger partial charge in [0.15, 0.2) is 0 Å². The first kappa shape index (κ1) is 12.5. The Balaban J connectivity index is 2.58. The van der Waals surface area contributed by atoms with Crippen molar-refractivity contribution in [2.45, 2.75) is 18.7 Å². The maximum absolute atomic E-state index is 11.1. The first-order valence-corrected chi connectivity index (χ1v) is 5.05. The molecule has 0 saturated carbocycles. The zero-order valence-electron chi connectivity index (χ0n) is 9.18. The minimum atomic E-state index is -0.416. The van der Waals surface area contributed by atoms with Crippen molar-refractivity contribution in [3.05, 3.63) is 35.4 Å². The molecule has 1 rings (SSSR count). The van der Waals surface area contributed by atoms with Crippen LogP contribution in [0, 0.1) is 0 Å². The molecule has 0 amide bonds. The molecule has 16 heavy (non-hydrogen) atoms. The topological polar surface area (TPSA) is 43.4 Å². The van der Waals surface area contributed by atoms with Crippen molar-refractivity contribution in [3.63, 3.8) is 0 Å². The molecule has 2 radical (unpaired) electrons. The summed E-state index contributed by atoms with van der Waals surface area (Å²) in [7, 11) is 6.82. The standard InChI is InChI=1S/C12H13BO3/c1-16-12(15)10-5-2-9(3-6-10)4-7-11(13)8-14/h2-3,5-6,8,11H,4,7H2,1H3. The SMILES string of the molecule is [B]C(C=O)CCc1ccc(C(=O)OC)cc1. The summed E-state index contributed by atoms with van der Waals surface area (Å²) in [6.45, 7) is 0. The van der Waals surface area contributed by atoms with Crippen molar-refractivity contribution in [1.82, 2.24) is 0 Å². The first-order valence-electron chi connectivity index (χ1n) is 5.05. The van der Waals surface area contributed by atoms with E-state index in [4.69, 9.17) is 7.85 Å². The summed E-state index contributed by atoms with van der Waals surface area (Å²) in [5, 5.41) is 0. The molecule has 3 nitrogen and oxygen atoms in total. The van der Waals surface area contributed by atoms with Gasteiger partial charge in [-0.15, -0.1) is 0 Å². The summed E-state index contributed by atoms with van der Waals surface area (Å²) in [4.78, 5) is 21.5. The summed E-state index contributed by atoms with van der Waals surface area (Å²) >= 11 is 0. The minimum absolute atomic E-state index is 0.351. The highest BCUT2D eigenvalue weighted by atomic mass is 16.5. The van der Waals surface area contributed by atoms with E-state index in [0.29, 0.717) is 12.0 Å². The van der Waals surface area contributed by atoms with Gasteiger partial charge in [0.05, 0.1) is 20.5 Å². The van der Waals surface area contributed by atoms with Gasteiger partial charge in [-0.1, -0.05) is 12.1 Å². The number of hydrogen-bond donors (Lipinski definition) is 0. The Labute approximate surface area is 96.2 Å². The average molecular weight is 216 g/mol. The smallest absolute Gasteiger partial charge is 0.337 e. The van der Waals surface area contributed by atoms with Crippen molar-refractivity contribution >= 4 is 20.1 Å². The largest absolute Gasteiger partial charge is 0.465 e. The van der Waals surface area contributed by atoms with Gasteiger partial charge in [-0.3, -0.25) is 0 Å². The number of methoxy groups -OCH3 is 1. The summed E-state index contributed by atoms with van der Waals surface area (Å²) in [5.41, 5.74) is 1.57. The summed E-state index contributed by atoms with van der Waals surface area (Å²) in [5.74, 6) is -0.767. The average Bonchev–Trinajstić information content (AvgIpc) is 2.35. The highest BCUT2D eigenvalue weighted by Crippen LogP contribution is 2.11. The summed E-state index contributed by atoms with van der Waals surface area (Å²) in [6.07, 6.45) is 2.07. The van der Waals surface area contributed by atoms with Gasteiger partial charge in [-0.2, -0.15) is 0 Å². The van der Waals surface area contributed by atoms with Crippen LogP contribution in [0.25, 0.3) is 0 Å². The van der Waals surface area contributed by atoms with Gasteiger partial charge >= 0.3 is 5.97 Å². The predicted octanol–water partition coefficient (Wildman–Crippen LogP) is 1.56. The highest BCUT2D eigenvalue weighted by Gasteiger charge is 2.05. The van der Waals surface area contributed by atoms with Crippen LogP contribution < -0.4 is 0 Å². The van der Waals surface area contributed by atoms with Crippen LogP contribution in [-0.4, -0.2) is 27.2 Å². The molecule has 1 atom stereocenters. The van der Waals surface area contributed by atoms with Crippen LogP contribution in [0.2, 0.25) is 5.82 Å². The zero-order chi connectivity index (χ0) is 12.0. The summed E-state index contributed by atoms with van der Waals surface area (Å²) in [6, 6.07) is 7.08. The van der Waals surface area contributed by atoms with E-state index in [1.807, 2.05) is 12.1 Å². The van der Waals surface area contributed by atoms with E-state index in [0.717, 1.165) is 18.3 Å². The van der Waals surface area contributed by atoms with E-state index in [9.17, 15) is 9.59 Å². The van der Waals surface area contributed by atoms with Crippen LogP contribution in [0.1, 0.15) is 22.3 Å².